The smallest absolute Gasteiger partial charge is 0.335 e. The monoisotopic (exact) mass is 323 g/mol. The van der Waals surface area contributed by atoms with Crippen LogP contribution in [0.3, 0.4) is 0 Å². The molecule has 0 unspecified atom stereocenters. The predicted octanol–water partition coefficient (Wildman–Crippen LogP) is 2.42. The van der Waals surface area contributed by atoms with E-state index in [9.17, 15) is 13.2 Å². The molecule has 0 bridgehead atoms. The van der Waals surface area contributed by atoms with E-state index in [0.717, 1.165) is 4.31 Å². The molecule has 0 aliphatic rings. The molecule has 1 aromatic heterocycles. The highest BCUT2D eigenvalue weighted by atomic mass is 32.2. The minimum Gasteiger partial charge on any atom is -0.478 e. The van der Waals surface area contributed by atoms with E-state index in [4.69, 9.17) is 9.52 Å². The minimum absolute atomic E-state index is 0.0156. The summed E-state index contributed by atoms with van der Waals surface area (Å²) in [6.07, 6.45) is 0. The molecule has 1 heterocycles. The Bertz CT molecular complexity index is 807. The summed E-state index contributed by atoms with van der Waals surface area (Å²) in [5.74, 6) is 0.0567. The molecule has 2 rings (SSSR count). The van der Waals surface area contributed by atoms with Crippen LogP contribution in [0, 0.1) is 13.8 Å². The zero-order chi connectivity index (χ0) is 16.5. The third-order valence-electron chi connectivity index (χ3n) is 3.30. The number of carboxylic acids is 1. The van der Waals surface area contributed by atoms with Crippen molar-refractivity contribution in [3.63, 3.8) is 0 Å². The number of aryl methyl sites for hydroxylation is 2. The summed E-state index contributed by atoms with van der Waals surface area (Å²) in [5.41, 5.74) is 0.430. The molecule has 0 radical (unpaired) electrons. The van der Waals surface area contributed by atoms with E-state index in [0.29, 0.717) is 17.1 Å². The second-order valence-corrected chi connectivity index (χ2v) is 7.07. The highest BCUT2D eigenvalue weighted by Gasteiger charge is 2.25. The Morgan fingerprint density at radius 2 is 1.91 bits per heavy atom. The average Bonchev–Trinajstić information content (AvgIpc) is 2.84. The lowest BCUT2D eigenvalue weighted by Gasteiger charge is -2.17. The fourth-order valence-electron chi connectivity index (χ4n) is 2.05. The zero-order valence-corrected chi connectivity index (χ0v) is 13.3. The molecular weight excluding hydrogens is 306 g/mol. The van der Waals surface area contributed by atoms with Crippen LogP contribution >= 0.6 is 0 Å². The van der Waals surface area contributed by atoms with Gasteiger partial charge in [-0.1, -0.05) is 6.07 Å². The van der Waals surface area contributed by atoms with Crippen LogP contribution in [0.5, 0.6) is 0 Å². The third-order valence-corrected chi connectivity index (χ3v) is 5.24. The predicted molar refractivity (Wildman–Crippen MR) is 80.2 cm³/mol. The normalized spacial score (nSPS) is 11.8. The van der Waals surface area contributed by atoms with Crippen LogP contribution in [0.25, 0.3) is 0 Å². The van der Waals surface area contributed by atoms with Crippen LogP contribution < -0.4 is 0 Å². The number of carbonyl (C=O) groups is 1. The van der Waals surface area contributed by atoms with Crippen molar-refractivity contribution >= 4 is 16.0 Å². The Kier molecular flexibility index (Phi) is 4.39. The fraction of sp³-hybridized carbons (Fsp3) is 0.267. The van der Waals surface area contributed by atoms with Crippen molar-refractivity contribution in [1.29, 1.82) is 0 Å². The first-order valence-electron chi connectivity index (χ1n) is 6.57. The summed E-state index contributed by atoms with van der Waals surface area (Å²) in [6.45, 7) is 3.48. The summed E-state index contributed by atoms with van der Waals surface area (Å²) < 4.78 is 31.8. The van der Waals surface area contributed by atoms with Crippen molar-refractivity contribution in [2.75, 3.05) is 7.05 Å². The minimum atomic E-state index is -3.80. The quantitative estimate of drug-likeness (QED) is 0.913. The number of nitrogens with zero attached hydrogens (tertiary/aromatic N) is 1. The number of carboxylic acid groups (broad SMARTS) is 1. The van der Waals surface area contributed by atoms with Gasteiger partial charge >= 0.3 is 5.97 Å². The number of hydrogen-bond acceptors (Lipinski definition) is 4. The number of rotatable bonds is 5. The molecule has 0 aliphatic heterocycles. The average molecular weight is 323 g/mol. The third kappa shape index (κ3) is 3.20. The SMILES string of the molecule is Cc1ccc(CN(C)S(=O)(=O)c2cc(C(=O)O)ccc2C)o1. The molecule has 0 atom stereocenters. The molecule has 2 aromatic rings. The first-order chi connectivity index (χ1) is 10.2. The van der Waals surface area contributed by atoms with Gasteiger partial charge < -0.3 is 9.52 Å². The first kappa shape index (κ1) is 16.3. The molecule has 0 spiro atoms. The summed E-state index contributed by atoms with van der Waals surface area (Å²) in [7, 11) is -2.37. The Labute approximate surface area is 129 Å². The highest BCUT2D eigenvalue weighted by Crippen LogP contribution is 2.22. The molecule has 0 saturated heterocycles. The van der Waals surface area contributed by atoms with E-state index < -0.39 is 16.0 Å². The van der Waals surface area contributed by atoms with Crippen LogP contribution in [0.4, 0.5) is 0 Å². The Morgan fingerprint density at radius 3 is 2.45 bits per heavy atom. The molecular formula is C15H17NO5S. The molecule has 118 valence electrons. The summed E-state index contributed by atoms with van der Waals surface area (Å²) in [4.78, 5) is 11.0. The molecule has 1 aromatic carbocycles. The second-order valence-electron chi connectivity index (χ2n) is 5.06. The molecule has 1 N–H and O–H groups in total. The maximum Gasteiger partial charge on any atom is 0.335 e. The van der Waals surface area contributed by atoms with Gasteiger partial charge in [-0.3, -0.25) is 0 Å². The lowest BCUT2D eigenvalue weighted by molar-refractivity contribution is 0.0696. The van der Waals surface area contributed by atoms with Crippen molar-refractivity contribution in [3.8, 4) is 0 Å². The lowest BCUT2D eigenvalue weighted by Crippen LogP contribution is -2.27. The van der Waals surface area contributed by atoms with Gasteiger partial charge in [-0.05, 0) is 43.7 Å². The van der Waals surface area contributed by atoms with E-state index in [1.165, 1.54) is 25.2 Å². The van der Waals surface area contributed by atoms with Gasteiger partial charge in [0.15, 0.2) is 0 Å². The van der Waals surface area contributed by atoms with Gasteiger partial charge in [-0.2, -0.15) is 4.31 Å². The van der Waals surface area contributed by atoms with E-state index in [1.54, 1.807) is 26.0 Å². The van der Waals surface area contributed by atoms with Gasteiger partial charge in [0.1, 0.15) is 11.5 Å². The van der Waals surface area contributed by atoms with Crippen molar-refractivity contribution in [2.45, 2.75) is 25.3 Å². The maximum atomic E-state index is 12.6. The van der Waals surface area contributed by atoms with E-state index in [-0.39, 0.29) is 17.0 Å². The Morgan fingerprint density at radius 1 is 1.23 bits per heavy atom. The van der Waals surface area contributed by atoms with Gasteiger partial charge in [0.25, 0.3) is 0 Å². The number of hydrogen-bond donors (Lipinski definition) is 1. The van der Waals surface area contributed by atoms with Crippen LogP contribution in [0.1, 0.15) is 27.4 Å². The summed E-state index contributed by atoms with van der Waals surface area (Å²) >= 11 is 0. The van der Waals surface area contributed by atoms with Gasteiger partial charge in [-0.25, -0.2) is 13.2 Å². The van der Waals surface area contributed by atoms with E-state index >= 15 is 0 Å². The van der Waals surface area contributed by atoms with Crippen molar-refractivity contribution in [1.82, 2.24) is 4.31 Å². The maximum absolute atomic E-state index is 12.6. The van der Waals surface area contributed by atoms with Crippen LogP contribution in [0.2, 0.25) is 0 Å². The highest BCUT2D eigenvalue weighted by molar-refractivity contribution is 7.89. The summed E-state index contributed by atoms with van der Waals surface area (Å²) in [5, 5.41) is 9.02. The molecule has 22 heavy (non-hydrogen) atoms. The topological polar surface area (TPSA) is 87.8 Å². The van der Waals surface area contributed by atoms with Gasteiger partial charge in [0, 0.05) is 7.05 Å². The number of aromatic carboxylic acids is 1. The molecule has 0 fully saturated rings. The first-order valence-corrected chi connectivity index (χ1v) is 8.01. The number of benzene rings is 1. The van der Waals surface area contributed by atoms with Crippen LogP contribution in [-0.2, 0) is 16.6 Å². The van der Waals surface area contributed by atoms with Crippen LogP contribution in [-0.4, -0.2) is 30.8 Å². The molecule has 0 aliphatic carbocycles. The van der Waals surface area contributed by atoms with Gasteiger partial charge in [0.2, 0.25) is 10.0 Å². The second kappa shape index (κ2) is 5.94. The standard InChI is InChI=1S/C15H17NO5S/c1-10-4-6-12(15(17)18)8-14(10)22(19,20)16(3)9-13-7-5-11(2)21-13/h4-8H,9H2,1-3H3,(H,17,18). The fourth-order valence-corrected chi connectivity index (χ4v) is 3.44. The van der Waals surface area contributed by atoms with E-state index in [2.05, 4.69) is 0 Å². The van der Waals surface area contributed by atoms with Gasteiger partial charge in [0.05, 0.1) is 17.0 Å². The summed E-state index contributed by atoms with van der Waals surface area (Å²) in [6, 6.07) is 7.51. The Balaban J connectivity index is 2.37. The Hall–Kier alpha value is -2.12. The van der Waals surface area contributed by atoms with Crippen LogP contribution in [0.15, 0.2) is 39.6 Å². The van der Waals surface area contributed by atoms with E-state index in [1.807, 2.05) is 0 Å². The molecule has 0 saturated carbocycles. The van der Waals surface area contributed by atoms with Crippen molar-refractivity contribution in [3.05, 3.63) is 53.0 Å². The van der Waals surface area contributed by atoms with Crippen molar-refractivity contribution < 1.29 is 22.7 Å². The number of furan rings is 1. The lowest BCUT2D eigenvalue weighted by atomic mass is 10.1. The largest absolute Gasteiger partial charge is 0.478 e. The zero-order valence-electron chi connectivity index (χ0n) is 12.5. The van der Waals surface area contributed by atoms with Crippen molar-refractivity contribution in [2.24, 2.45) is 0 Å². The molecule has 7 heteroatoms. The molecule has 0 amide bonds. The number of sulfonamides is 1. The molecule has 6 nitrogen and oxygen atoms in total. The van der Waals surface area contributed by atoms with Gasteiger partial charge in [-0.15, -0.1) is 0 Å².